The first-order chi connectivity index (χ1) is 12.0. The summed E-state index contributed by atoms with van der Waals surface area (Å²) in [5.41, 5.74) is 5.18. The lowest BCUT2D eigenvalue weighted by Crippen LogP contribution is -2.17. The Kier molecular flexibility index (Phi) is 3.67. The van der Waals surface area contributed by atoms with Gasteiger partial charge in [-0.3, -0.25) is 10.1 Å². The Morgan fingerprint density at radius 3 is 2.52 bits per heavy atom. The lowest BCUT2D eigenvalue weighted by molar-refractivity contribution is 0.0970. The molecule has 0 amide bonds. The summed E-state index contributed by atoms with van der Waals surface area (Å²) in [4.78, 5) is 30.1. The van der Waals surface area contributed by atoms with Gasteiger partial charge in [0.05, 0.1) is 28.2 Å². The highest BCUT2D eigenvalue weighted by Gasteiger charge is 2.22. The number of aryl methyl sites for hydroxylation is 4. The van der Waals surface area contributed by atoms with Crippen LogP contribution >= 0.6 is 0 Å². The Bertz CT molecular complexity index is 1010. The van der Waals surface area contributed by atoms with E-state index in [9.17, 15) is 4.79 Å². The summed E-state index contributed by atoms with van der Waals surface area (Å²) in [6, 6.07) is 6.10. The van der Waals surface area contributed by atoms with Gasteiger partial charge < -0.3 is 0 Å². The number of carbonyl (C=O) groups excluding carboxylic acids is 1. The molecule has 0 bridgehead atoms. The minimum atomic E-state index is 0.137. The second-order valence-corrected chi connectivity index (χ2v) is 6.51. The van der Waals surface area contributed by atoms with Crippen LogP contribution in [0.2, 0.25) is 0 Å². The number of anilines is 2. The normalized spacial score (nSPS) is 13.8. The highest BCUT2D eigenvalue weighted by molar-refractivity contribution is 5.99. The van der Waals surface area contributed by atoms with E-state index in [2.05, 4.69) is 38.2 Å². The van der Waals surface area contributed by atoms with E-state index in [1.807, 2.05) is 26.0 Å². The molecule has 25 heavy (non-hydrogen) atoms. The molecule has 0 saturated carbocycles. The zero-order chi connectivity index (χ0) is 17.6. The molecule has 1 N–H and O–H groups in total. The quantitative estimate of drug-likeness (QED) is 0.771. The average Bonchev–Trinajstić information content (AvgIpc) is 2.55. The van der Waals surface area contributed by atoms with Crippen molar-refractivity contribution in [3.8, 4) is 0 Å². The van der Waals surface area contributed by atoms with Gasteiger partial charge in [-0.2, -0.15) is 0 Å². The fraction of sp³-hybridized carbons (Fsp3) is 0.316. The van der Waals surface area contributed by atoms with Crippen molar-refractivity contribution in [1.82, 2.24) is 19.9 Å². The van der Waals surface area contributed by atoms with Gasteiger partial charge in [-0.25, -0.2) is 19.9 Å². The number of ketones is 1. The number of aromatic nitrogens is 4. The molecule has 0 fully saturated rings. The van der Waals surface area contributed by atoms with Crippen LogP contribution < -0.4 is 5.32 Å². The van der Waals surface area contributed by atoms with E-state index in [0.29, 0.717) is 29.6 Å². The molecule has 0 atom stereocenters. The maximum atomic E-state index is 12.1. The minimum Gasteiger partial charge on any atom is -0.294 e. The summed E-state index contributed by atoms with van der Waals surface area (Å²) in [6.07, 6.45) is 2.22. The van der Waals surface area contributed by atoms with Gasteiger partial charge in [0, 0.05) is 11.8 Å². The fourth-order valence-corrected chi connectivity index (χ4v) is 3.32. The molecule has 0 saturated heterocycles. The van der Waals surface area contributed by atoms with Gasteiger partial charge in [-0.15, -0.1) is 0 Å². The first kappa shape index (κ1) is 15.6. The van der Waals surface area contributed by atoms with E-state index < -0.39 is 0 Å². The molecule has 0 unspecified atom stereocenters. The van der Waals surface area contributed by atoms with Crippen LogP contribution in [0.15, 0.2) is 18.2 Å². The summed E-state index contributed by atoms with van der Waals surface area (Å²) in [5.74, 6) is 1.05. The van der Waals surface area contributed by atoms with Gasteiger partial charge in [-0.1, -0.05) is 11.6 Å². The van der Waals surface area contributed by atoms with E-state index >= 15 is 0 Å². The lowest BCUT2D eigenvalue weighted by atomic mass is 9.94. The van der Waals surface area contributed by atoms with Crippen LogP contribution in [0.5, 0.6) is 0 Å². The zero-order valence-corrected chi connectivity index (χ0v) is 14.6. The van der Waals surface area contributed by atoms with Crippen molar-refractivity contribution in [1.29, 1.82) is 0 Å². The standard InChI is InChI=1S/C19H19N5O/c1-10-7-8-14-13(9-10)11(2)20-18(22-14)24-19-21-12(3)17-15(23-19)5-4-6-16(17)25/h7-9H,4-6H2,1-3H3,(H,20,21,22,23,24). The Hall–Kier alpha value is -2.89. The van der Waals surface area contributed by atoms with Gasteiger partial charge in [0.1, 0.15) is 0 Å². The van der Waals surface area contributed by atoms with Gasteiger partial charge in [0.15, 0.2) is 5.78 Å². The topological polar surface area (TPSA) is 80.7 Å². The summed E-state index contributed by atoms with van der Waals surface area (Å²) in [5, 5.41) is 4.14. The van der Waals surface area contributed by atoms with Crippen LogP contribution in [0.3, 0.4) is 0 Å². The Balaban J connectivity index is 1.73. The number of hydrogen-bond donors (Lipinski definition) is 1. The van der Waals surface area contributed by atoms with Crippen molar-refractivity contribution in [3.63, 3.8) is 0 Å². The number of nitrogens with one attached hydrogen (secondary N) is 1. The number of benzene rings is 1. The maximum Gasteiger partial charge on any atom is 0.230 e. The SMILES string of the molecule is Cc1ccc2nc(Nc3nc(C)c4c(n3)CCCC4=O)nc(C)c2c1. The smallest absolute Gasteiger partial charge is 0.230 e. The highest BCUT2D eigenvalue weighted by atomic mass is 16.1. The third-order valence-corrected chi connectivity index (χ3v) is 4.53. The van der Waals surface area contributed by atoms with Crippen LogP contribution in [-0.4, -0.2) is 25.7 Å². The van der Waals surface area contributed by atoms with Gasteiger partial charge in [0.2, 0.25) is 11.9 Å². The van der Waals surface area contributed by atoms with Gasteiger partial charge in [0.25, 0.3) is 0 Å². The Morgan fingerprint density at radius 1 is 0.920 bits per heavy atom. The van der Waals surface area contributed by atoms with Crippen LogP contribution in [0.1, 0.15) is 45.8 Å². The Morgan fingerprint density at radius 2 is 1.68 bits per heavy atom. The maximum absolute atomic E-state index is 12.1. The van der Waals surface area contributed by atoms with Crippen molar-refractivity contribution in [2.75, 3.05) is 5.32 Å². The summed E-state index contributed by atoms with van der Waals surface area (Å²) >= 11 is 0. The molecule has 4 rings (SSSR count). The van der Waals surface area contributed by atoms with Crippen molar-refractivity contribution in [2.24, 2.45) is 0 Å². The third-order valence-electron chi connectivity index (χ3n) is 4.53. The predicted octanol–water partition coefficient (Wildman–Crippen LogP) is 3.61. The monoisotopic (exact) mass is 333 g/mol. The first-order valence-corrected chi connectivity index (χ1v) is 8.44. The van der Waals surface area contributed by atoms with E-state index in [-0.39, 0.29) is 5.78 Å². The van der Waals surface area contributed by atoms with Crippen LogP contribution in [0.4, 0.5) is 11.9 Å². The third kappa shape index (κ3) is 2.84. The number of carbonyl (C=O) groups is 1. The van der Waals surface area contributed by atoms with Crippen LogP contribution in [0.25, 0.3) is 10.9 Å². The molecule has 0 spiro atoms. The number of hydrogen-bond acceptors (Lipinski definition) is 6. The molecular weight excluding hydrogens is 314 g/mol. The molecule has 1 aliphatic rings. The number of fused-ring (bicyclic) bond motifs is 2. The first-order valence-electron chi connectivity index (χ1n) is 8.44. The molecule has 0 aliphatic heterocycles. The molecule has 3 aromatic rings. The fourth-order valence-electron chi connectivity index (χ4n) is 3.32. The largest absolute Gasteiger partial charge is 0.294 e. The molecule has 2 aromatic heterocycles. The van der Waals surface area contributed by atoms with Crippen molar-refractivity contribution >= 4 is 28.6 Å². The lowest BCUT2D eigenvalue weighted by Gasteiger charge is -2.16. The summed E-state index contributed by atoms with van der Waals surface area (Å²) < 4.78 is 0. The molecule has 2 heterocycles. The van der Waals surface area contributed by atoms with Crippen molar-refractivity contribution < 1.29 is 4.79 Å². The molecule has 6 nitrogen and oxygen atoms in total. The number of Topliss-reactive ketones (excluding diaryl/α,β-unsaturated/α-hetero) is 1. The zero-order valence-electron chi connectivity index (χ0n) is 14.6. The van der Waals surface area contributed by atoms with E-state index in [1.54, 1.807) is 0 Å². The van der Waals surface area contributed by atoms with Crippen LogP contribution in [-0.2, 0) is 6.42 Å². The van der Waals surface area contributed by atoms with Crippen molar-refractivity contribution in [2.45, 2.75) is 40.0 Å². The molecule has 126 valence electrons. The second kappa shape index (κ2) is 5.88. The van der Waals surface area contributed by atoms with Crippen LogP contribution in [0, 0.1) is 20.8 Å². The molecule has 1 aliphatic carbocycles. The van der Waals surface area contributed by atoms with Gasteiger partial charge in [-0.05, 0) is 45.7 Å². The molecule has 0 radical (unpaired) electrons. The molecule has 6 heteroatoms. The predicted molar refractivity (Wildman–Crippen MR) is 96.3 cm³/mol. The van der Waals surface area contributed by atoms with Gasteiger partial charge >= 0.3 is 0 Å². The number of rotatable bonds is 2. The Labute approximate surface area is 145 Å². The van der Waals surface area contributed by atoms with Crippen molar-refractivity contribution in [3.05, 3.63) is 46.4 Å². The highest BCUT2D eigenvalue weighted by Crippen LogP contribution is 2.24. The van der Waals surface area contributed by atoms with E-state index in [0.717, 1.165) is 35.1 Å². The summed E-state index contributed by atoms with van der Waals surface area (Å²) in [7, 11) is 0. The van der Waals surface area contributed by atoms with E-state index in [4.69, 9.17) is 0 Å². The average molecular weight is 333 g/mol. The summed E-state index contributed by atoms with van der Waals surface area (Å²) in [6.45, 7) is 5.87. The molecule has 1 aromatic carbocycles. The number of nitrogens with zero attached hydrogens (tertiary/aromatic N) is 4. The van der Waals surface area contributed by atoms with E-state index in [1.165, 1.54) is 5.56 Å². The second-order valence-electron chi connectivity index (χ2n) is 6.51. The molecular formula is C19H19N5O. The minimum absolute atomic E-state index is 0.137.